The van der Waals surface area contributed by atoms with E-state index in [-0.39, 0.29) is 0 Å². The quantitative estimate of drug-likeness (QED) is 0.821. The summed E-state index contributed by atoms with van der Waals surface area (Å²) in [5, 5.41) is 3.32. The molecule has 1 heterocycles. The molecule has 0 atom stereocenters. The lowest BCUT2D eigenvalue weighted by atomic mass is 10.1. The standard InChI is InChI=1S/C15H18BrN3O/c1-3-14-18-13(16)10-15(19-14)17-9-8-11-6-4-5-7-12(11)20-2/h4-7,10H,3,8-9H2,1-2H3,(H,17,18,19). The molecule has 20 heavy (non-hydrogen) atoms. The monoisotopic (exact) mass is 335 g/mol. The summed E-state index contributed by atoms with van der Waals surface area (Å²) in [6.45, 7) is 2.84. The number of aromatic nitrogens is 2. The maximum Gasteiger partial charge on any atom is 0.131 e. The fourth-order valence-electron chi connectivity index (χ4n) is 1.95. The van der Waals surface area contributed by atoms with E-state index in [1.54, 1.807) is 7.11 Å². The maximum absolute atomic E-state index is 5.34. The van der Waals surface area contributed by atoms with E-state index in [1.165, 1.54) is 5.56 Å². The summed E-state index contributed by atoms with van der Waals surface area (Å²) in [4.78, 5) is 8.73. The molecule has 0 unspecified atom stereocenters. The molecule has 0 saturated carbocycles. The summed E-state index contributed by atoms with van der Waals surface area (Å²) in [5.41, 5.74) is 1.19. The van der Waals surface area contributed by atoms with Crippen LogP contribution in [0, 0.1) is 0 Å². The van der Waals surface area contributed by atoms with Gasteiger partial charge in [0.05, 0.1) is 7.11 Å². The van der Waals surface area contributed by atoms with Crippen LogP contribution < -0.4 is 10.1 Å². The van der Waals surface area contributed by atoms with Crippen molar-refractivity contribution in [1.82, 2.24) is 9.97 Å². The molecule has 0 radical (unpaired) electrons. The molecule has 0 aliphatic rings. The van der Waals surface area contributed by atoms with Gasteiger partial charge in [-0.15, -0.1) is 0 Å². The molecule has 0 aliphatic heterocycles. The Balaban J connectivity index is 1.97. The van der Waals surface area contributed by atoms with Crippen LogP contribution in [0.2, 0.25) is 0 Å². The molecule has 2 rings (SSSR count). The van der Waals surface area contributed by atoms with Gasteiger partial charge in [-0.3, -0.25) is 0 Å². The number of halogens is 1. The minimum atomic E-state index is 0.799. The van der Waals surface area contributed by atoms with Crippen molar-refractivity contribution >= 4 is 21.7 Å². The van der Waals surface area contributed by atoms with Gasteiger partial charge in [0.15, 0.2) is 0 Å². The van der Waals surface area contributed by atoms with Gasteiger partial charge in [0.25, 0.3) is 0 Å². The summed E-state index contributed by atoms with van der Waals surface area (Å²) < 4.78 is 6.15. The minimum Gasteiger partial charge on any atom is -0.496 e. The largest absolute Gasteiger partial charge is 0.496 e. The molecular weight excluding hydrogens is 318 g/mol. The predicted octanol–water partition coefficient (Wildman–Crippen LogP) is 3.46. The van der Waals surface area contributed by atoms with Crippen molar-refractivity contribution < 1.29 is 4.74 Å². The Bertz CT molecular complexity index is 575. The highest BCUT2D eigenvalue weighted by Gasteiger charge is 2.03. The number of ether oxygens (including phenoxy) is 1. The Labute approximate surface area is 127 Å². The molecular formula is C15H18BrN3O. The molecule has 1 aromatic heterocycles. The number of hydrogen-bond donors (Lipinski definition) is 1. The Morgan fingerprint density at radius 1 is 1.25 bits per heavy atom. The first kappa shape index (κ1) is 14.8. The molecule has 1 aromatic carbocycles. The van der Waals surface area contributed by atoms with Crippen LogP contribution in [0.3, 0.4) is 0 Å². The minimum absolute atomic E-state index is 0.799. The van der Waals surface area contributed by atoms with Crippen molar-refractivity contribution in [2.45, 2.75) is 19.8 Å². The van der Waals surface area contributed by atoms with Crippen molar-refractivity contribution in [3.05, 3.63) is 46.3 Å². The number of benzene rings is 1. The van der Waals surface area contributed by atoms with Crippen LogP contribution in [0.15, 0.2) is 34.9 Å². The lowest BCUT2D eigenvalue weighted by molar-refractivity contribution is 0.410. The first-order valence-corrected chi connectivity index (χ1v) is 7.41. The van der Waals surface area contributed by atoms with Gasteiger partial charge in [-0.2, -0.15) is 0 Å². The zero-order valence-electron chi connectivity index (χ0n) is 11.7. The molecule has 0 saturated heterocycles. The number of hydrogen-bond acceptors (Lipinski definition) is 4. The van der Waals surface area contributed by atoms with Gasteiger partial charge in [0.1, 0.15) is 22.0 Å². The third-order valence-electron chi connectivity index (χ3n) is 2.95. The van der Waals surface area contributed by atoms with Crippen LogP contribution in [0.5, 0.6) is 5.75 Å². The topological polar surface area (TPSA) is 47.0 Å². The van der Waals surface area contributed by atoms with Crippen molar-refractivity contribution in [2.75, 3.05) is 19.0 Å². The number of nitrogens with zero attached hydrogens (tertiary/aromatic N) is 2. The van der Waals surface area contributed by atoms with Crippen LogP contribution in [-0.2, 0) is 12.8 Å². The van der Waals surface area contributed by atoms with Gasteiger partial charge in [0, 0.05) is 19.0 Å². The predicted molar refractivity (Wildman–Crippen MR) is 84.3 cm³/mol. The van der Waals surface area contributed by atoms with Gasteiger partial charge < -0.3 is 10.1 Å². The highest BCUT2D eigenvalue weighted by Crippen LogP contribution is 2.18. The van der Waals surface area contributed by atoms with Crippen molar-refractivity contribution in [3.8, 4) is 5.75 Å². The first-order chi connectivity index (χ1) is 9.72. The fraction of sp³-hybridized carbons (Fsp3) is 0.333. The summed E-state index contributed by atoms with van der Waals surface area (Å²) in [7, 11) is 1.70. The van der Waals surface area contributed by atoms with Crippen LogP contribution in [0.25, 0.3) is 0 Å². The zero-order valence-corrected chi connectivity index (χ0v) is 13.3. The van der Waals surface area contributed by atoms with E-state index in [2.05, 4.69) is 37.3 Å². The molecule has 1 N–H and O–H groups in total. The number of anilines is 1. The molecule has 4 nitrogen and oxygen atoms in total. The summed E-state index contributed by atoms with van der Waals surface area (Å²) in [5.74, 6) is 2.60. The number of nitrogens with one attached hydrogen (secondary N) is 1. The van der Waals surface area contributed by atoms with Crippen LogP contribution in [0.4, 0.5) is 5.82 Å². The fourth-order valence-corrected chi connectivity index (χ4v) is 2.37. The van der Waals surface area contributed by atoms with Gasteiger partial charge in [0.2, 0.25) is 0 Å². The van der Waals surface area contributed by atoms with E-state index in [9.17, 15) is 0 Å². The van der Waals surface area contributed by atoms with Crippen LogP contribution in [0.1, 0.15) is 18.3 Å². The summed E-state index contributed by atoms with van der Waals surface area (Å²) >= 11 is 3.40. The second-order valence-corrected chi connectivity index (χ2v) is 5.15. The molecule has 0 amide bonds. The SMILES string of the molecule is CCc1nc(Br)cc(NCCc2ccccc2OC)n1. The maximum atomic E-state index is 5.34. The number of methoxy groups -OCH3 is 1. The Morgan fingerprint density at radius 2 is 2.05 bits per heavy atom. The van der Waals surface area contributed by atoms with Gasteiger partial charge in [-0.1, -0.05) is 25.1 Å². The van der Waals surface area contributed by atoms with E-state index in [0.717, 1.165) is 41.4 Å². The van der Waals surface area contributed by atoms with Crippen LogP contribution >= 0.6 is 15.9 Å². The Morgan fingerprint density at radius 3 is 2.80 bits per heavy atom. The van der Waals surface area contributed by atoms with E-state index >= 15 is 0 Å². The molecule has 5 heteroatoms. The molecule has 0 fully saturated rings. The molecule has 0 bridgehead atoms. The van der Waals surface area contributed by atoms with E-state index in [4.69, 9.17) is 4.74 Å². The molecule has 2 aromatic rings. The Kier molecular flexibility index (Phi) is 5.35. The van der Waals surface area contributed by atoms with E-state index < -0.39 is 0 Å². The van der Waals surface area contributed by atoms with Gasteiger partial charge in [-0.05, 0) is 34.0 Å². The number of para-hydroxylation sites is 1. The van der Waals surface area contributed by atoms with Gasteiger partial charge >= 0.3 is 0 Å². The lowest BCUT2D eigenvalue weighted by Crippen LogP contribution is -2.08. The lowest BCUT2D eigenvalue weighted by Gasteiger charge is -2.10. The zero-order chi connectivity index (χ0) is 14.4. The van der Waals surface area contributed by atoms with E-state index in [1.807, 2.05) is 31.2 Å². The molecule has 0 spiro atoms. The molecule has 106 valence electrons. The highest BCUT2D eigenvalue weighted by atomic mass is 79.9. The highest BCUT2D eigenvalue weighted by molar-refractivity contribution is 9.10. The summed E-state index contributed by atoms with van der Waals surface area (Å²) in [6.07, 6.45) is 1.70. The third-order valence-corrected chi connectivity index (χ3v) is 3.36. The average molecular weight is 336 g/mol. The van der Waals surface area contributed by atoms with Gasteiger partial charge in [-0.25, -0.2) is 9.97 Å². The van der Waals surface area contributed by atoms with Crippen molar-refractivity contribution in [2.24, 2.45) is 0 Å². The van der Waals surface area contributed by atoms with E-state index in [0.29, 0.717) is 0 Å². The first-order valence-electron chi connectivity index (χ1n) is 6.62. The van der Waals surface area contributed by atoms with Crippen molar-refractivity contribution in [1.29, 1.82) is 0 Å². The van der Waals surface area contributed by atoms with Crippen LogP contribution in [-0.4, -0.2) is 23.6 Å². The average Bonchev–Trinajstić information content (AvgIpc) is 2.47. The second kappa shape index (κ2) is 7.24. The number of aryl methyl sites for hydroxylation is 1. The smallest absolute Gasteiger partial charge is 0.131 e. The molecule has 0 aliphatic carbocycles. The normalized spacial score (nSPS) is 10.3. The summed E-state index contributed by atoms with van der Waals surface area (Å²) in [6, 6.07) is 9.94. The third kappa shape index (κ3) is 3.93. The Hall–Kier alpha value is -1.62. The number of rotatable bonds is 6. The van der Waals surface area contributed by atoms with Crippen molar-refractivity contribution in [3.63, 3.8) is 0 Å². The second-order valence-electron chi connectivity index (χ2n) is 4.33.